The first kappa shape index (κ1) is 16.7. The van der Waals surface area contributed by atoms with Gasteiger partial charge in [0.1, 0.15) is 0 Å². The van der Waals surface area contributed by atoms with Crippen molar-refractivity contribution in [3.05, 3.63) is 29.8 Å². The van der Waals surface area contributed by atoms with Gasteiger partial charge in [-0.05, 0) is 24.3 Å². The molecule has 0 heterocycles. The van der Waals surface area contributed by atoms with Gasteiger partial charge in [-0.3, -0.25) is 9.59 Å². The van der Waals surface area contributed by atoms with Gasteiger partial charge in [-0.25, -0.2) is 4.79 Å². The Bertz CT molecular complexity index is 530. The highest BCUT2D eigenvalue weighted by atomic mass is 16.4. The molecule has 0 aliphatic carbocycles. The number of hydrogen-bond acceptors (Lipinski definition) is 3. The molecule has 2 amide bonds. The summed E-state index contributed by atoms with van der Waals surface area (Å²) in [6.07, 6.45) is -0.132. The Morgan fingerprint density at radius 3 is 2.14 bits per heavy atom. The molecule has 0 fully saturated rings. The van der Waals surface area contributed by atoms with Crippen molar-refractivity contribution in [1.82, 2.24) is 5.32 Å². The molecule has 0 unspecified atom stereocenters. The fourth-order valence-corrected chi connectivity index (χ4v) is 1.60. The number of ketones is 1. The third-order valence-corrected chi connectivity index (χ3v) is 2.71. The molecule has 0 bridgehead atoms. The second-order valence-corrected chi connectivity index (χ2v) is 5.68. The summed E-state index contributed by atoms with van der Waals surface area (Å²) in [5.41, 5.74) is 0.663. The topological polar surface area (TPSA) is 95.5 Å². The van der Waals surface area contributed by atoms with Crippen LogP contribution in [0.15, 0.2) is 24.3 Å². The lowest BCUT2D eigenvalue weighted by atomic mass is 9.86. The van der Waals surface area contributed by atoms with E-state index in [0.29, 0.717) is 11.3 Å². The van der Waals surface area contributed by atoms with Crippen LogP contribution in [0.4, 0.5) is 10.5 Å². The molecule has 0 atom stereocenters. The van der Waals surface area contributed by atoms with Gasteiger partial charge in [0.2, 0.25) is 0 Å². The maximum atomic E-state index is 12.0. The van der Waals surface area contributed by atoms with E-state index in [0.717, 1.165) is 0 Å². The van der Waals surface area contributed by atoms with Gasteiger partial charge < -0.3 is 15.7 Å². The summed E-state index contributed by atoms with van der Waals surface area (Å²) in [6.45, 7) is 5.59. The van der Waals surface area contributed by atoms with Crippen LogP contribution >= 0.6 is 0 Å². The summed E-state index contributed by atoms with van der Waals surface area (Å²) in [6, 6.07) is 6.10. The Morgan fingerprint density at radius 2 is 1.67 bits per heavy atom. The van der Waals surface area contributed by atoms with Gasteiger partial charge in [-0.1, -0.05) is 20.8 Å². The predicted octanol–water partition coefficient (Wildman–Crippen LogP) is 2.51. The van der Waals surface area contributed by atoms with Crippen LogP contribution in [0.25, 0.3) is 0 Å². The molecule has 0 radical (unpaired) electrons. The number of urea groups is 1. The first-order chi connectivity index (χ1) is 9.70. The first-order valence-electron chi connectivity index (χ1n) is 6.61. The van der Waals surface area contributed by atoms with Crippen molar-refractivity contribution in [3.8, 4) is 0 Å². The van der Waals surface area contributed by atoms with E-state index in [1.807, 2.05) is 20.8 Å². The first-order valence-corrected chi connectivity index (χ1v) is 6.61. The Morgan fingerprint density at radius 1 is 1.10 bits per heavy atom. The van der Waals surface area contributed by atoms with Crippen molar-refractivity contribution in [3.63, 3.8) is 0 Å². The van der Waals surface area contributed by atoms with Crippen LogP contribution in [0.1, 0.15) is 37.6 Å². The van der Waals surface area contributed by atoms with Gasteiger partial charge >= 0.3 is 12.0 Å². The monoisotopic (exact) mass is 292 g/mol. The van der Waals surface area contributed by atoms with Gasteiger partial charge in [0.25, 0.3) is 0 Å². The Kier molecular flexibility index (Phi) is 5.46. The van der Waals surface area contributed by atoms with Crippen molar-refractivity contribution in [2.24, 2.45) is 5.41 Å². The minimum absolute atomic E-state index is 0.0277. The number of aliphatic carboxylic acids is 1. The zero-order valence-corrected chi connectivity index (χ0v) is 12.4. The lowest BCUT2D eigenvalue weighted by Crippen LogP contribution is -2.30. The van der Waals surface area contributed by atoms with Crippen molar-refractivity contribution >= 4 is 23.5 Å². The van der Waals surface area contributed by atoms with E-state index in [1.165, 1.54) is 0 Å². The van der Waals surface area contributed by atoms with E-state index in [1.54, 1.807) is 24.3 Å². The van der Waals surface area contributed by atoms with Crippen LogP contribution in [0.3, 0.4) is 0 Å². The molecule has 0 saturated carbocycles. The number of carboxylic acid groups (broad SMARTS) is 1. The summed E-state index contributed by atoms with van der Waals surface area (Å²) in [5, 5.41) is 13.5. The highest BCUT2D eigenvalue weighted by molar-refractivity contribution is 6.00. The lowest BCUT2D eigenvalue weighted by molar-refractivity contribution is -0.136. The largest absolute Gasteiger partial charge is 0.481 e. The van der Waals surface area contributed by atoms with Crippen LogP contribution in [0, 0.1) is 5.41 Å². The van der Waals surface area contributed by atoms with Crippen LogP contribution < -0.4 is 10.6 Å². The highest BCUT2D eigenvalue weighted by Crippen LogP contribution is 2.21. The number of hydrogen-bond donors (Lipinski definition) is 3. The molecule has 0 aliphatic rings. The second kappa shape index (κ2) is 6.88. The maximum absolute atomic E-state index is 12.0. The quantitative estimate of drug-likeness (QED) is 0.727. The Balaban J connectivity index is 2.57. The smallest absolute Gasteiger partial charge is 0.319 e. The van der Waals surface area contributed by atoms with Crippen molar-refractivity contribution in [2.75, 3.05) is 11.9 Å². The third kappa shape index (κ3) is 5.64. The van der Waals surface area contributed by atoms with Crippen molar-refractivity contribution in [1.29, 1.82) is 0 Å². The average Bonchev–Trinajstić information content (AvgIpc) is 2.37. The van der Waals surface area contributed by atoms with E-state index < -0.39 is 17.4 Å². The normalized spacial score (nSPS) is 10.8. The van der Waals surface area contributed by atoms with E-state index in [4.69, 9.17) is 5.11 Å². The number of carboxylic acids is 1. The van der Waals surface area contributed by atoms with Gasteiger partial charge in [-0.2, -0.15) is 0 Å². The number of Topliss-reactive ketones (excluding diaryl/α,β-unsaturated/α-hetero) is 1. The molecule has 0 aliphatic heterocycles. The van der Waals surface area contributed by atoms with Crippen LogP contribution in [0.2, 0.25) is 0 Å². The number of benzene rings is 1. The second-order valence-electron chi connectivity index (χ2n) is 5.68. The SMILES string of the molecule is CC(C)(C)C(=O)c1ccc(NC(=O)NCCC(=O)O)cc1. The number of carbonyl (C=O) groups excluding carboxylic acids is 2. The van der Waals surface area contributed by atoms with E-state index >= 15 is 0 Å². The molecule has 114 valence electrons. The summed E-state index contributed by atoms with van der Waals surface area (Å²) in [4.78, 5) is 33.9. The van der Waals surface area contributed by atoms with Gasteiger partial charge in [0.05, 0.1) is 6.42 Å². The molecule has 6 heteroatoms. The predicted molar refractivity (Wildman–Crippen MR) is 79.5 cm³/mol. The molecule has 0 spiro atoms. The standard InChI is InChI=1S/C15H20N2O4/c1-15(2,3)13(20)10-4-6-11(7-5-10)17-14(21)16-9-8-12(18)19/h4-7H,8-9H2,1-3H3,(H,18,19)(H2,16,17,21). The molecule has 1 rings (SSSR count). The zero-order chi connectivity index (χ0) is 16.0. The fourth-order valence-electron chi connectivity index (χ4n) is 1.60. The van der Waals surface area contributed by atoms with E-state index in [-0.39, 0.29) is 18.7 Å². The average molecular weight is 292 g/mol. The molecule has 3 N–H and O–H groups in total. The Hall–Kier alpha value is -2.37. The molecule has 0 saturated heterocycles. The summed E-state index contributed by atoms with van der Waals surface area (Å²) < 4.78 is 0. The summed E-state index contributed by atoms with van der Waals surface area (Å²) >= 11 is 0. The molecule has 6 nitrogen and oxygen atoms in total. The van der Waals surface area contributed by atoms with Crippen LogP contribution in [-0.2, 0) is 4.79 Å². The maximum Gasteiger partial charge on any atom is 0.319 e. The van der Waals surface area contributed by atoms with Crippen LogP contribution in [-0.4, -0.2) is 29.4 Å². The van der Waals surface area contributed by atoms with Crippen LogP contribution in [0.5, 0.6) is 0 Å². The number of amides is 2. The molecule has 1 aromatic rings. The minimum atomic E-state index is -0.972. The highest BCUT2D eigenvalue weighted by Gasteiger charge is 2.22. The molecular formula is C15H20N2O4. The van der Waals surface area contributed by atoms with Crippen molar-refractivity contribution in [2.45, 2.75) is 27.2 Å². The number of rotatable bonds is 5. The van der Waals surface area contributed by atoms with Crippen molar-refractivity contribution < 1.29 is 19.5 Å². The van der Waals surface area contributed by atoms with E-state index in [9.17, 15) is 14.4 Å². The van der Waals surface area contributed by atoms with Gasteiger partial charge in [-0.15, -0.1) is 0 Å². The third-order valence-electron chi connectivity index (χ3n) is 2.71. The molecule has 1 aromatic carbocycles. The molecule has 0 aromatic heterocycles. The minimum Gasteiger partial charge on any atom is -0.481 e. The van der Waals surface area contributed by atoms with Gasteiger partial charge in [0.15, 0.2) is 5.78 Å². The number of anilines is 1. The number of nitrogens with one attached hydrogen (secondary N) is 2. The zero-order valence-electron chi connectivity index (χ0n) is 12.4. The van der Waals surface area contributed by atoms with Gasteiger partial charge in [0, 0.05) is 23.2 Å². The summed E-state index contributed by atoms with van der Waals surface area (Å²) in [5.74, 6) is -0.944. The Labute approximate surface area is 123 Å². The molecular weight excluding hydrogens is 272 g/mol. The van der Waals surface area contributed by atoms with E-state index in [2.05, 4.69) is 10.6 Å². The fraction of sp³-hybridized carbons (Fsp3) is 0.400. The number of carbonyl (C=O) groups is 3. The summed E-state index contributed by atoms with van der Waals surface area (Å²) in [7, 11) is 0. The lowest BCUT2D eigenvalue weighted by Gasteiger charge is -2.16. The molecule has 21 heavy (non-hydrogen) atoms.